The van der Waals surface area contributed by atoms with Crippen molar-refractivity contribution in [3.63, 3.8) is 0 Å². The second kappa shape index (κ2) is 10.7. The Morgan fingerprint density at radius 3 is 2.81 bits per heavy atom. The van der Waals surface area contributed by atoms with Crippen LogP contribution in [0, 0.1) is 0 Å². The summed E-state index contributed by atoms with van der Waals surface area (Å²) in [5.41, 5.74) is 4.64. The Bertz CT molecular complexity index is 1090. The van der Waals surface area contributed by atoms with Gasteiger partial charge in [0.25, 0.3) is 0 Å². The van der Waals surface area contributed by atoms with E-state index in [4.69, 9.17) is 21.1 Å². The number of aromatic nitrogens is 1. The molecule has 6 heteroatoms. The first-order chi connectivity index (χ1) is 15.7. The second-order valence-corrected chi connectivity index (χ2v) is 8.45. The first-order valence-electron chi connectivity index (χ1n) is 11.3. The van der Waals surface area contributed by atoms with Gasteiger partial charge in [-0.05, 0) is 61.4 Å². The van der Waals surface area contributed by atoms with Crippen LogP contribution in [0.2, 0.25) is 5.02 Å². The third kappa shape index (κ3) is 5.34. The number of fused-ring (bicyclic) bond motifs is 1. The fourth-order valence-electron chi connectivity index (χ4n) is 4.34. The molecule has 2 N–H and O–H groups in total. The van der Waals surface area contributed by atoms with E-state index in [0.717, 1.165) is 55.1 Å². The van der Waals surface area contributed by atoms with Crippen molar-refractivity contribution in [2.45, 2.75) is 45.1 Å². The van der Waals surface area contributed by atoms with Crippen LogP contribution < -0.4 is 10.1 Å². The van der Waals surface area contributed by atoms with Crippen molar-refractivity contribution in [1.82, 2.24) is 10.3 Å². The highest BCUT2D eigenvalue weighted by molar-refractivity contribution is 6.35. The molecule has 2 heterocycles. The number of benzene rings is 2. The molecule has 2 aromatic carbocycles. The van der Waals surface area contributed by atoms with Crippen molar-refractivity contribution in [2.24, 2.45) is 0 Å². The maximum absolute atomic E-state index is 11.8. The van der Waals surface area contributed by atoms with E-state index < -0.39 is 6.16 Å². The highest BCUT2D eigenvalue weighted by atomic mass is 35.5. The molecule has 0 radical (unpaired) electrons. The number of aromatic amines is 1. The molecule has 0 bridgehead atoms. The number of halogens is 1. The van der Waals surface area contributed by atoms with Gasteiger partial charge in [-0.25, -0.2) is 4.79 Å². The van der Waals surface area contributed by atoms with Crippen molar-refractivity contribution >= 4 is 34.2 Å². The molecule has 1 aromatic heterocycles. The predicted octanol–water partition coefficient (Wildman–Crippen LogP) is 6.51. The lowest BCUT2D eigenvalue weighted by atomic mass is 9.92. The molecule has 32 heavy (non-hydrogen) atoms. The van der Waals surface area contributed by atoms with Crippen LogP contribution in [-0.4, -0.2) is 30.3 Å². The molecule has 0 saturated carbocycles. The largest absolute Gasteiger partial charge is 0.513 e. The summed E-state index contributed by atoms with van der Waals surface area (Å²) in [4.78, 5) is 15.1. The standard InChI is InChI=1S/C26H29ClN2O3/c1-2-31-26(30)32-23-13-12-22(27)25-24(23)20(17-29-25)10-6-7-11-21-16-19(14-15-28-21)18-8-4-3-5-9-18/h3-5,8-9,12-14,17,21,28-29H,2,6-7,10-11,15-16H2,1H3. The highest BCUT2D eigenvalue weighted by Crippen LogP contribution is 2.35. The molecule has 0 saturated heterocycles. The minimum atomic E-state index is -0.700. The van der Waals surface area contributed by atoms with Crippen molar-refractivity contribution in [3.05, 3.63) is 70.9 Å². The van der Waals surface area contributed by atoms with Crippen LogP contribution in [0.15, 0.2) is 54.7 Å². The van der Waals surface area contributed by atoms with Gasteiger partial charge >= 0.3 is 6.16 Å². The lowest BCUT2D eigenvalue weighted by Gasteiger charge is -2.24. The van der Waals surface area contributed by atoms with Gasteiger partial charge in [0, 0.05) is 24.2 Å². The van der Waals surface area contributed by atoms with Gasteiger partial charge in [-0.2, -0.15) is 0 Å². The van der Waals surface area contributed by atoms with Gasteiger partial charge in [0.15, 0.2) is 0 Å². The predicted molar refractivity (Wildman–Crippen MR) is 129 cm³/mol. The molecule has 0 fully saturated rings. The van der Waals surface area contributed by atoms with Gasteiger partial charge in [-0.1, -0.05) is 54.4 Å². The maximum Gasteiger partial charge on any atom is 0.513 e. The topological polar surface area (TPSA) is 63.4 Å². The number of H-pyrrole nitrogens is 1. The highest BCUT2D eigenvalue weighted by Gasteiger charge is 2.18. The summed E-state index contributed by atoms with van der Waals surface area (Å²) in [6, 6.07) is 14.6. The molecule has 4 rings (SSSR count). The number of carbonyl (C=O) groups is 1. The molecule has 1 atom stereocenters. The summed E-state index contributed by atoms with van der Waals surface area (Å²) in [6.45, 7) is 2.94. The van der Waals surface area contributed by atoms with Crippen LogP contribution in [-0.2, 0) is 11.2 Å². The van der Waals surface area contributed by atoms with Gasteiger partial charge < -0.3 is 19.8 Å². The summed E-state index contributed by atoms with van der Waals surface area (Å²) in [7, 11) is 0. The van der Waals surface area contributed by atoms with E-state index in [9.17, 15) is 4.79 Å². The van der Waals surface area contributed by atoms with Crippen LogP contribution in [0.4, 0.5) is 4.79 Å². The van der Waals surface area contributed by atoms with Crippen LogP contribution in [0.1, 0.15) is 43.7 Å². The molecule has 0 amide bonds. The van der Waals surface area contributed by atoms with Crippen LogP contribution in [0.3, 0.4) is 0 Å². The monoisotopic (exact) mass is 452 g/mol. The number of carbonyl (C=O) groups excluding carboxylic acids is 1. The average Bonchev–Trinajstić information content (AvgIpc) is 3.25. The zero-order chi connectivity index (χ0) is 22.3. The minimum absolute atomic E-state index is 0.270. The van der Waals surface area contributed by atoms with Crippen LogP contribution >= 0.6 is 11.6 Å². The number of hydrogen-bond donors (Lipinski definition) is 2. The van der Waals surface area contributed by atoms with E-state index in [1.807, 2.05) is 6.20 Å². The summed E-state index contributed by atoms with van der Waals surface area (Å²) in [6.07, 6.45) is 8.78. The lowest BCUT2D eigenvalue weighted by molar-refractivity contribution is 0.105. The normalized spacial score (nSPS) is 16.1. The third-order valence-corrected chi connectivity index (χ3v) is 6.21. The zero-order valence-corrected chi connectivity index (χ0v) is 19.1. The molecule has 1 aliphatic rings. The van der Waals surface area contributed by atoms with E-state index in [1.54, 1.807) is 19.1 Å². The fourth-order valence-corrected chi connectivity index (χ4v) is 4.55. The summed E-state index contributed by atoms with van der Waals surface area (Å²) >= 11 is 6.35. The Labute approximate surface area is 193 Å². The van der Waals surface area contributed by atoms with E-state index in [0.29, 0.717) is 16.8 Å². The number of rotatable bonds is 8. The second-order valence-electron chi connectivity index (χ2n) is 8.04. The smallest absolute Gasteiger partial charge is 0.434 e. The Morgan fingerprint density at radius 1 is 1.16 bits per heavy atom. The fraction of sp³-hybridized carbons (Fsp3) is 0.346. The summed E-state index contributed by atoms with van der Waals surface area (Å²) in [5, 5.41) is 5.08. The Kier molecular flexibility index (Phi) is 7.51. The van der Waals surface area contributed by atoms with Gasteiger partial charge in [0.05, 0.1) is 17.1 Å². The molecule has 5 nitrogen and oxygen atoms in total. The minimum Gasteiger partial charge on any atom is -0.434 e. The Hall–Kier alpha value is -2.76. The van der Waals surface area contributed by atoms with Gasteiger partial charge in [0.2, 0.25) is 0 Å². The summed E-state index contributed by atoms with van der Waals surface area (Å²) < 4.78 is 10.4. The van der Waals surface area contributed by atoms with E-state index in [-0.39, 0.29) is 6.61 Å². The van der Waals surface area contributed by atoms with E-state index >= 15 is 0 Å². The lowest BCUT2D eigenvalue weighted by Crippen LogP contribution is -2.32. The van der Waals surface area contributed by atoms with Crippen LogP contribution in [0.25, 0.3) is 16.5 Å². The molecule has 1 unspecified atom stereocenters. The van der Waals surface area contributed by atoms with Crippen molar-refractivity contribution < 1.29 is 14.3 Å². The first kappa shape index (κ1) is 22.4. The van der Waals surface area contributed by atoms with Gasteiger partial charge in [0.1, 0.15) is 5.75 Å². The van der Waals surface area contributed by atoms with E-state index in [2.05, 4.69) is 46.7 Å². The third-order valence-electron chi connectivity index (χ3n) is 5.90. The number of aryl methyl sites for hydroxylation is 1. The molecule has 3 aromatic rings. The van der Waals surface area contributed by atoms with Crippen molar-refractivity contribution in [1.29, 1.82) is 0 Å². The first-order valence-corrected chi connectivity index (χ1v) is 11.6. The molecule has 168 valence electrons. The SMILES string of the molecule is CCOC(=O)Oc1ccc(Cl)c2[nH]cc(CCCCC3CC(c4ccccc4)=CCN3)c12. The molecule has 0 spiro atoms. The molecular weight excluding hydrogens is 424 g/mol. The summed E-state index contributed by atoms with van der Waals surface area (Å²) in [5.74, 6) is 0.477. The molecule has 1 aliphatic heterocycles. The maximum atomic E-state index is 11.8. The Balaban J connectivity index is 1.35. The van der Waals surface area contributed by atoms with Gasteiger partial charge in [-0.3, -0.25) is 0 Å². The van der Waals surface area contributed by atoms with Crippen molar-refractivity contribution in [3.8, 4) is 5.75 Å². The number of ether oxygens (including phenoxy) is 2. The quantitative estimate of drug-likeness (QED) is 0.232. The number of unbranched alkanes of at least 4 members (excludes halogenated alkanes) is 1. The van der Waals surface area contributed by atoms with Gasteiger partial charge in [-0.15, -0.1) is 0 Å². The number of hydrogen-bond acceptors (Lipinski definition) is 4. The van der Waals surface area contributed by atoms with Crippen LogP contribution in [0.5, 0.6) is 5.75 Å². The zero-order valence-electron chi connectivity index (χ0n) is 18.3. The van der Waals surface area contributed by atoms with E-state index in [1.165, 1.54) is 11.1 Å². The molecule has 0 aliphatic carbocycles. The Morgan fingerprint density at radius 2 is 2.00 bits per heavy atom. The average molecular weight is 453 g/mol. The molecular formula is C26H29ClN2O3. The van der Waals surface area contributed by atoms with Crippen molar-refractivity contribution in [2.75, 3.05) is 13.2 Å². The number of nitrogens with one attached hydrogen (secondary N) is 2.